The van der Waals surface area contributed by atoms with E-state index in [0.29, 0.717) is 57.0 Å². The van der Waals surface area contributed by atoms with E-state index < -0.39 is 17.8 Å². The molecule has 1 N–H and O–H groups in total. The molecule has 0 saturated carbocycles. The van der Waals surface area contributed by atoms with Gasteiger partial charge in [0.2, 0.25) is 0 Å². The predicted octanol–water partition coefficient (Wildman–Crippen LogP) is 3.89. The van der Waals surface area contributed by atoms with Crippen molar-refractivity contribution in [3.8, 4) is 0 Å². The Labute approximate surface area is 223 Å². The van der Waals surface area contributed by atoms with Gasteiger partial charge < -0.3 is 15.0 Å². The fraction of sp³-hybridized carbons (Fsp3) is 0.414. The summed E-state index contributed by atoms with van der Waals surface area (Å²) in [6.45, 7) is 8.63. The van der Waals surface area contributed by atoms with Crippen molar-refractivity contribution in [2.45, 2.75) is 33.2 Å². The molecule has 2 aromatic carbocycles. The second-order valence-electron chi connectivity index (χ2n) is 9.52. The Hall–Kier alpha value is -3.72. The highest BCUT2D eigenvalue weighted by molar-refractivity contribution is 5.95. The summed E-state index contributed by atoms with van der Waals surface area (Å²) in [5.41, 5.74) is 2.92. The number of hydrogen-bond acceptors (Lipinski definition) is 5. The number of nitrogens with zero attached hydrogens (tertiary/aromatic N) is 3. The molecule has 0 bridgehead atoms. The SMILES string of the molecule is CCOC(=O)C1=C(CN2CCCN(C(=O)c3ccccc3F)CC2)N(CC)C(=O)NC1c1cccc(C)c1. The van der Waals surface area contributed by atoms with Crippen LogP contribution in [-0.2, 0) is 9.53 Å². The summed E-state index contributed by atoms with van der Waals surface area (Å²) in [4.78, 5) is 44.9. The second-order valence-corrected chi connectivity index (χ2v) is 9.52. The molecule has 1 unspecified atom stereocenters. The third kappa shape index (κ3) is 5.88. The van der Waals surface area contributed by atoms with E-state index in [4.69, 9.17) is 4.74 Å². The van der Waals surface area contributed by atoms with Crippen LogP contribution in [0.5, 0.6) is 0 Å². The van der Waals surface area contributed by atoms with Gasteiger partial charge in [0.15, 0.2) is 0 Å². The average molecular weight is 523 g/mol. The summed E-state index contributed by atoms with van der Waals surface area (Å²) in [5.74, 6) is -1.32. The third-order valence-electron chi connectivity index (χ3n) is 6.98. The fourth-order valence-corrected chi connectivity index (χ4v) is 5.11. The number of likely N-dealkylation sites (N-methyl/N-ethyl adjacent to an activating group) is 1. The zero-order valence-corrected chi connectivity index (χ0v) is 22.2. The minimum atomic E-state index is -0.634. The maximum absolute atomic E-state index is 14.2. The lowest BCUT2D eigenvalue weighted by atomic mass is 9.93. The lowest BCUT2D eigenvalue weighted by Crippen LogP contribution is -2.51. The molecule has 2 aromatic rings. The molecule has 2 aliphatic rings. The molecule has 1 fully saturated rings. The number of aryl methyl sites for hydroxylation is 1. The topological polar surface area (TPSA) is 82.2 Å². The maximum Gasteiger partial charge on any atom is 0.338 e. The number of ether oxygens (including phenoxy) is 1. The highest BCUT2D eigenvalue weighted by atomic mass is 19.1. The Morgan fingerprint density at radius 1 is 1.05 bits per heavy atom. The molecule has 8 nitrogen and oxygen atoms in total. The van der Waals surface area contributed by atoms with E-state index in [0.717, 1.165) is 11.1 Å². The van der Waals surface area contributed by atoms with E-state index in [9.17, 15) is 18.8 Å². The van der Waals surface area contributed by atoms with Crippen LogP contribution in [0.25, 0.3) is 0 Å². The summed E-state index contributed by atoms with van der Waals surface area (Å²) in [5, 5.41) is 3.00. The quantitative estimate of drug-likeness (QED) is 0.558. The first-order valence-electron chi connectivity index (χ1n) is 13.1. The van der Waals surface area contributed by atoms with E-state index in [1.807, 2.05) is 38.1 Å². The van der Waals surface area contributed by atoms with Crippen molar-refractivity contribution in [3.63, 3.8) is 0 Å². The number of carbonyl (C=O) groups excluding carboxylic acids is 3. The van der Waals surface area contributed by atoms with Gasteiger partial charge in [-0.25, -0.2) is 14.0 Å². The number of nitrogens with one attached hydrogen (secondary N) is 1. The first-order valence-corrected chi connectivity index (χ1v) is 13.1. The van der Waals surface area contributed by atoms with Crippen LogP contribution in [0.2, 0.25) is 0 Å². The summed E-state index contributed by atoms with van der Waals surface area (Å²) in [6.07, 6.45) is 0.682. The smallest absolute Gasteiger partial charge is 0.338 e. The number of urea groups is 1. The van der Waals surface area contributed by atoms with Crippen LogP contribution in [0, 0.1) is 12.7 Å². The van der Waals surface area contributed by atoms with E-state index >= 15 is 0 Å². The Kier molecular flexibility index (Phi) is 8.78. The standard InChI is InChI=1S/C29H35FN4O4/c1-4-34-24(19-32-14-9-15-33(17-16-32)27(35)22-12-6-7-13-23(22)30)25(28(36)38-5-2)26(31-29(34)37)21-11-8-10-20(3)18-21/h6-8,10-13,18,26H,4-5,9,14-17,19H2,1-3H3,(H,31,37). The number of amides is 3. The van der Waals surface area contributed by atoms with Gasteiger partial charge >= 0.3 is 12.0 Å². The van der Waals surface area contributed by atoms with Gasteiger partial charge in [-0.2, -0.15) is 0 Å². The van der Waals surface area contributed by atoms with Gasteiger partial charge in [0.1, 0.15) is 5.82 Å². The van der Waals surface area contributed by atoms with Gasteiger partial charge in [0.25, 0.3) is 5.91 Å². The van der Waals surface area contributed by atoms with Gasteiger partial charge in [-0.15, -0.1) is 0 Å². The van der Waals surface area contributed by atoms with Crippen LogP contribution in [0.1, 0.15) is 47.8 Å². The van der Waals surface area contributed by atoms with E-state index in [-0.39, 0.29) is 24.1 Å². The molecule has 0 radical (unpaired) electrons. The molecule has 1 atom stereocenters. The van der Waals surface area contributed by atoms with Crippen molar-refractivity contribution in [2.75, 3.05) is 45.9 Å². The van der Waals surface area contributed by atoms with Crippen LogP contribution in [0.3, 0.4) is 0 Å². The molecule has 38 heavy (non-hydrogen) atoms. The molecule has 202 valence electrons. The van der Waals surface area contributed by atoms with Gasteiger partial charge in [0.05, 0.1) is 23.8 Å². The zero-order chi connectivity index (χ0) is 27.2. The Morgan fingerprint density at radius 2 is 1.84 bits per heavy atom. The molecular formula is C29H35FN4O4. The van der Waals surface area contributed by atoms with Gasteiger partial charge in [-0.3, -0.25) is 14.6 Å². The molecule has 3 amide bonds. The van der Waals surface area contributed by atoms with Crippen LogP contribution in [0.4, 0.5) is 9.18 Å². The number of halogens is 1. The molecular weight excluding hydrogens is 487 g/mol. The Morgan fingerprint density at radius 3 is 2.55 bits per heavy atom. The summed E-state index contributed by atoms with van der Waals surface area (Å²) >= 11 is 0. The van der Waals surface area contributed by atoms with E-state index in [1.165, 1.54) is 12.1 Å². The van der Waals surface area contributed by atoms with Crippen molar-refractivity contribution in [3.05, 3.63) is 82.3 Å². The lowest BCUT2D eigenvalue weighted by Gasteiger charge is -2.38. The molecule has 0 aliphatic carbocycles. The Bertz CT molecular complexity index is 1230. The largest absolute Gasteiger partial charge is 0.463 e. The first kappa shape index (κ1) is 27.3. The van der Waals surface area contributed by atoms with Crippen molar-refractivity contribution in [2.24, 2.45) is 0 Å². The summed E-state index contributed by atoms with van der Waals surface area (Å²) in [6, 6.07) is 12.8. The minimum Gasteiger partial charge on any atom is -0.463 e. The molecule has 0 aromatic heterocycles. The van der Waals surface area contributed by atoms with Gasteiger partial charge in [-0.05, 0) is 44.9 Å². The fourth-order valence-electron chi connectivity index (χ4n) is 5.11. The Balaban J connectivity index is 1.63. The normalized spacial score (nSPS) is 18.7. The minimum absolute atomic E-state index is 0.0651. The average Bonchev–Trinajstić information content (AvgIpc) is 3.14. The molecule has 2 heterocycles. The van der Waals surface area contributed by atoms with E-state index in [1.54, 1.807) is 28.9 Å². The molecule has 0 spiro atoms. The van der Waals surface area contributed by atoms with E-state index in [2.05, 4.69) is 10.2 Å². The first-order chi connectivity index (χ1) is 18.3. The monoisotopic (exact) mass is 522 g/mol. The number of esters is 1. The van der Waals surface area contributed by atoms with Gasteiger partial charge in [0, 0.05) is 45.0 Å². The van der Waals surface area contributed by atoms with Crippen LogP contribution in [-0.4, -0.2) is 78.5 Å². The maximum atomic E-state index is 14.2. The van der Waals surface area contributed by atoms with Crippen molar-refractivity contribution >= 4 is 17.9 Å². The molecule has 2 aliphatic heterocycles. The van der Waals surface area contributed by atoms with Crippen LogP contribution >= 0.6 is 0 Å². The van der Waals surface area contributed by atoms with Crippen molar-refractivity contribution < 1.29 is 23.5 Å². The summed E-state index contributed by atoms with van der Waals surface area (Å²) in [7, 11) is 0. The molecule has 9 heteroatoms. The molecule has 4 rings (SSSR count). The molecule has 1 saturated heterocycles. The van der Waals surface area contributed by atoms with Crippen LogP contribution in [0.15, 0.2) is 59.8 Å². The predicted molar refractivity (Wildman–Crippen MR) is 142 cm³/mol. The van der Waals surface area contributed by atoms with Gasteiger partial charge in [-0.1, -0.05) is 42.0 Å². The highest BCUT2D eigenvalue weighted by Gasteiger charge is 2.38. The highest BCUT2D eigenvalue weighted by Crippen LogP contribution is 2.32. The number of carbonyl (C=O) groups is 3. The van der Waals surface area contributed by atoms with Crippen molar-refractivity contribution in [1.82, 2.24) is 20.0 Å². The number of benzene rings is 2. The van der Waals surface area contributed by atoms with Crippen LogP contribution < -0.4 is 5.32 Å². The number of rotatable bonds is 7. The zero-order valence-electron chi connectivity index (χ0n) is 22.2. The third-order valence-corrected chi connectivity index (χ3v) is 6.98. The lowest BCUT2D eigenvalue weighted by molar-refractivity contribution is -0.139. The second kappa shape index (κ2) is 12.2. The number of hydrogen-bond donors (Lipinski definition) is 1. The van der Waals surface area contributed by atoms with Crippen molar-refractivity contribution in [1.29, 1.82) is 0 Å². The summed E-state index contributed by atoms with van der Waals surface area (Å²) < 4.78 is 19.7.